The maximum atomic E-state index is 2.63. The van der Waals surface area contributed by atoms with Crippen molar-refractivity contribution in [2.75, 3.05) is 4.90 Å². The molecule has 8 aromatic rings. The second kappa shape index (κ2) is 11.9. The summed E-state index contributed by atoms with van der Waals surface area (Å²) in [6.07, 6.45) is 0. The molecule has 0 amide bonds. The molecule has 0 N–H and O–H groups in total. The van der Waals surface area contributed by atoms with E-state index in [4.69, 9.17) is 0 Å². The number of hydrogen-bond acceptors (Lipinski definition) is 1. The summed E-state index contributed by atoms with van der Waals surface area (Å²) >= 11 is 0. The van der Waals surface area contributed by atoms with E-state index in [1.54, 1.807) is 0 Å². The Balaban J connectivity index is 1.41. The lowest BCUT2D eigenvalue weighted by atomic mass is 9.33. The van der Waals surface area contributed by atoms with Gasteiger partial charge in [0.1, 0.15) is 0 Å². The minimum absolute atomic E-state index is 0.0227. The quantitative estimate of drug-likeness (QED) is 0.130. The second-order valence-electron chi connectivity index (χ2n) is 18.0. The molecule has 0 aliphatic carbocycles. The van der Waals surface area contributed by atoms with Crippen molar-refractivity contribution in [1.82, 2.24) is 4.57 Å². The average molecular weight is 711 g/mol. The van der Waals surface area contributed by atoms with Crippen LogP contribution in [0, 0.1) is 0 Å². The summed E-state index contributed by atoms with van der Waals surface area (Å²) in [5.74, 6) is 0. The van der Waals surface area contributed by atoms with Gasteiger partial charge in [-0.25, -0.2) is 0 Å². The molecule has 2 aliphatic rings. The molecule has 0 unspecified atom stereocenters. The maximum absolute atomic E-state index is 2.63. The van der Waals surface area contributed by atoms with E-state index in [0.717, 1.165) is 0 Å². The van der Waals surface area contributed by atoms with Crippen LogP contribution in [0.25, 0.3) is 27.5 Å². The van der Waals surface area contributed by atoms with Gasteiger partial charge in [0.2, 0.25) is 0 Å². The van der Waals surface area contributed by atoms with Crippen molar-refractivity contribution in [3.05, 3.63) is 186 Å². The summed E-state index contributed by atoms with van der Waals surface area (Å²) in [6.45, 7) is 16.5. The van der Waals surface area contributed by atoms with Crippen molar-refractivity contribution < 1.29 is 0 Å². The molecule has 0 fully saturated rings. The number of nitrogens with zero attached hydrogens (tertiary/aromatic N) is 2. The zero-order chi connectivity index (χ0) is 37.9. The molecule has 0 saturated carbocycles. The number of rotatable bonds is 4. The van der Waals surface area contributed by atoms with Gasteiger partial charge in [0.15, 0.2) is 0 Å². The Morgan fingerprint density at radius 1 is 0.418 bits per heavy atom. The van der Waals surface area contributed by atoms with Crippen molar-refractivity contribution >= 4 is 62.0 Å². The smallest absolute Gasteiger partial charge is 0.252 e. The first-order chi connectivity index (χ1) is 26.4. The Kier molecular flexibility index (Phi) is 7.27. The molecule has 0 radical (unpaired) electrons. The van der Waals surface area contributed by atoms with Crippen LogP contribution in [0.15, 0.2) is 158 Å². The Bertz CT molecular complexity index is 2740. The van der Waals surface area contributed by atoms with Crippen LogP contribution in [0.4, 0.5) is 17.1 Å². The molecular weight excluding hydrogens is 663 g/mol. The van der Waals surface area contributed by atoms with Crippen LogP contribution < -0.4 is 21.3 Å². The molecule has 1 aromatic heterocycles. The number of benzene rings is 7. The highest BCUT2D eigenvalue weighted by molar-refractivity contribution is 7.00. The minimum atomic E-state index is -0.430. The molecule has 3 heteroatoms. The fourth-order valence-electron chi connectivity index (χ4n) is 9.57. The molecule has 0 bridgehead atoms. The van der Waals surface area contributed by atoms with Gasteiger partial charge in [-0.3, -0.25) is 0 Å². The van der Waals surface area contributed by atoms with Crippen LogP contribution in [-0.4, -0.2) is 11.3 Å². The van der Waals surface area contributed by atoms with Gasteiger partial charge < -0.3 is 9.47 Å². The average Bonchev–Trinajstić information content (AvgIpc) is 3.53. The maximum Gasteiger partial charge on any atom is 0.252 e. The Morgan fingerprint density at radius 3 is 1.62 bits per heavy atom. The van der Waals surface area contributed by atoms with E-state index in [0.29, 0.717) is 0 Å². The van der Waals surface area contributed by atoms with Crippen LogP contribution in [0.5, 0.6) is 0 Å². The molecule has 268 valence electrons. The molecule has 0 spiro atoms. The van der Waals surface area contributed by atoms with Gasteiger partial charge in [0.05, 0.1) is 5.52 Å². The second-order valence-corrected chi connectivity index (χ2v) is 18.0. The molecule has 2 nitrogen and oxygen atoms in total. The van der Waals surface area contributed by atoms with Crippen LogP contribution in [-0.2, 0) is 16.2 Å². The molecule has 3 heterocycles. The third-order valence-corrected chi connectivity index (χ3v) is 12.6. The van der Waals surface area contributed by atoms with E-state index >= 15 is 0 Å². The number of anilines is 3. The molecule has 7 aromatic carbocycles. The Labute approximate surface area is 326 Å². The summed E-state index contributed by atoms with van der Waals surface area (Å²) < 4.78 is 2.63. The van der Waals surface area contributed by atoms with Crippen LogP contribution >= 0.6 is 0 Å². The number of aromatic nitrogens is 1. The summed E-state index contributed by atoms with van der Waals surface area (Å²) in [5.41, 5.74) is 17.8. The van der Waals surface area contributed by atoms with Crippen molar-refractivity contribution in [2.24, 2.45) is 0 Å². The first kappa shape index (κ1) is 33.7. The third-order valence-electron chi connectivity index (χ3n) is 12.6. The number of fused-ring (bicyclic) bond motifs is 7. The normalized spacial score (nSPS) is 13.7. The first-order valence-electron chi connectivity index (χ1n) is 19.8. The van der Waals surface area contributed by atoms with Crippen LogP contribution in [0.1, 0.15) is 76.3 Å². The van der Waals surface area contributed by atoms with Gasteiger partial charge in [0, 0.05) is 44.5 Å². The molecule has 55 heavy (non-hydrogen) atoms. The van der Waals surface area contributed by atoms with Gasteiger partial charge in [-0.15, -0.1) is 0 Å². The molecule has 0 atom stereocenters. The minimum Gasteiger partial charge on any atom is -0.311 e. The van der Waals surface area contributed by atoms with Crippen LogP contribution in [0.2, 0.25) is 0 Å². The lowest BCUT2D eigenvalue weighted by Crippen LogP contribution is -2.60. The van der Waals surface area contributed by atoms with Gasteiger partial charge >= 0.3 is 0 Å². The van der Waals surface area contributed by atoms with E-state index in [9.17, 15) is 0 Å². The lowest BCUT2D eigenvalue weighted by molar-refractivity contribution is 0.590. The van der Waals surface area contributed by atoms with E-state index in [2.05, 4.69) is 216 Å². The predicted octanol–water partition coefficient (Wildman–Crippen LogP) is 11.3. The summed E-state index contributed by atoms with van der Waals surface area (Å²) in [6, 6.07) is 59.6. The standard InChI is InChI=1S/C52H47BN2/c1-50(2,3)36-27-28-44-40(29-36)41-30-37(51(4,5)6)31-43-49(41)55(44)47-33-38(52(7,34-19-11-8-12-20-34)35-21-13-9-14-22-35)32-46-48(47)53(43)42-25-17-18-26-45(42)54(46)39-23-15-10-16-24-39/h8-33H,1-7H3. The van der Waals surface area contributed by atoms with Crippen molar-refractivity contribution in [3.8, 4) is 5.69 Å². The highest BCUT2D eigenvalue weighted by atomic mass is 15.2. The summed E-state index contributed by atoms with van der Waals surface area (Å²) in [4.78, 5) is 2.53. The topological polar surface area (TPSA) is 8.17 Å². The van der Waals surface area contributed by atoms with E-state index < -0.39 is 5.41 Å². The van der Waals surface area contributed by atoms with Crippen molar-refractivity contribution in [3.63, 3.8) is 0 Å². The fraction of sp³-hybridized carbons (Fsp3) is 0.192. The zero-order valence-corrected chi connectivity index (χ0v) is 33.0. The van der Waals surface area contributed by atoms with E-state index in [1.165, 1.54) is 88.8 Å². The Hall–Kier alpha value is -5.80. The lowest BCUT2D eigenvalue weighted by Gasteiger charge is -2.42. The molecule has 10 rings (SSSR count). The zero-order valence-electron chi connectivity index (χ0n) is 33.0. The molecule has 0 saturated heterocycles. The van der Waals surface area contributed by atoms with Crippen molar-refractivity contribution in [1.29, 1.82) is 0 Å². The van der Waals surface area contributed by atoms with Crippen LogP contribution in [0.3, 0.4) is 0 Å². The number of para-hydroxylation sites is 2. The van der Waals surface area contributed by atoms with Gasteiger partial charge in [-0.05, 0) is 110 Å². The highest BCUT2D eigenvalue weighted by Gasteiger charge is 2.44. The fourth-order valence-corrected chi connectivity index (χ4v) is 9.57. The third kappa shape index (κ3) is 4.95. The first-order valence-corrected chi connectivity index (χ1v) is 19.8. The van der Waals surface area contributed by atoms with Gasteiger partial charge in [-0.2, -0.15) is 0 Å². The monoisotopic (exact) mass is 710 g/mol. The SMILES string of the molecule is CC(C)(C)c1ccc2c(c1)c1cc(C(C)(C)C)cc3c1n2-c1cc(C(C)(c2ccccc2)c2ccccc2)cc2c1B3c1ccccc1N2c1ccccc1. The largest absolute Gasteiger partial charge is 0.311 e. The molecular formula is C52H47BN2. The Morgan fingerprint density at radius 2 is 0.982 bits per heavy atom. The van der Waals surface area contributed by atoms with Gasteiger partial charge in [-0.1, -0.05) is 151 Å². The number of hydrogen-bond donors (Lipinski definition) is 0. The summed E-state index contributed by atoms with van der Waals surface area (Å²) in [7, 11) is 0. The van der Waals surface area contributed by atoms with Crippen molar-refractivity contribution in [2.45, 2.75) is 64.7 Å². The highest BCUT2D eigenvalue weighted by Crippen LogP contribution is 2.47. The van der Waals surface area contributed by atoms with Gasteiger partial charge in [0.25, 0.3) is 6.71 Å². The predicted molar refractivity (Wildman–Crippen MR) is 236 cm³/mol. The summed E-state index contributed by atoms with van der Waals surface area (Å²) in [5, 5.41) is 2.67. The molecule has 2 aliphatic heterocycles. The van der Waals surface area contributed by atoms with E-state index in [-0.39, 0.29) is 17.5 Å². The van der Waals surface area contributed by atoms with E-state index in [1.807, 2.05) is 0 Å².